The third-order valence-electron chi connectivity index (χ3n) is 3.72. The van der Waals surface area contributed by atoms with Gasteiger partial charge in [-0.3, -0.25) is 4.79 Å². The molecule has 1 aliphatic heterocycles. The van der Waals surface area contributed by atoms with Gasteiger partial charge in [0.25, 0.3) is 0 Å². The van der Waals surface area contributed by atoms with E-state index in [2.05, 4.69) is 0 Å². The highest BCUT2D eigenvalue weighted by atomic mass is 16.5. The Morgan fingerprint density at radius 3 is 2.52 bits per heavy atom. The van der Waals surface area contributed by atoms with Crippen LogP contribution in [0.25, 0.3) is 0 Å². The molecule has 23 heavy (non-hydrogen) atoms. The Morgan fingerprint density at radius 2 is 1.87 bits per heavy atom. The van der Waals surface area contributed by atoms with Crippen LogP contribution in [0, 0.1) is 0 Å². The summed E-state index contributed by atoms with van der Waals surface area (Å²) in [4.78, 5) is 12.2. The van der Waals surface area contributed by atoms with Crippen molar-refractivity contribution in [2.75, 3.05) is 0 Å². The van der Waals surface area contributed by atoms with Gasteiger partial charge in [0, 0.05) is 18.6 Å². The highest BCUT2D eigenvalue weighted by Gasteiger charge is 2.32. The first-order valence-corrected chi connectivity index (χ1v) is 7.59. The number of ether oxygens (including phenoxy) is 1. The Balaban J connectivity index is 0.000000924. The fourth-order valence-corrected chi connectivity index (χ4v) is 2.72. The molecule has 0 bridgehead atoms. The van der Waals surface area contributed by atoms with Crippen LogP contribution in [0.15, 0.2) is 35.0 Å². The third-order valence-corrected chi connectivity index (χ3v) is 3.72. The van der Waals surface area contributed by atoms with Gasteiger partial charge in [-0.25, -0.2) is 0 Å². The normalized spacial score (nSPS) is 20.0. The number of hydrogen-bond donors (Lipinski definition) is 3. The number of allylic oxidation sites excluding steroid dienone is 3. The van der Waals surface area contributed by atoms with Crippen molar-refractivity contribution in [3.63, 3.8) is 0 Å². The molecule has 1 heterocycles. The standard InChI is InChI=1S/C15H13BO5.C2H6/c16-10-3-7(17)1-2-9(10)13-6-12(20)15-11(19)4-8(18)5-14(15)21-13;1-2/h3-5,13,17-19H,1-2,6H2;1-2H3. The average molecular weight is 314 g/mol. The lowest BCUT2D eigenvalue weighted by atomic mass is 9.79. The molecule has 1 atom stereocenters. The molecule has 120 valence electrons. The predicted octanol–water partition coefficient (Wildman–Crippen LogP) is 3.12. The number of fused-ring (bicyclic) bond motifs is 1. The molecule has 0 saturated carbocycles. The minimum atomic E-state index is -0.546. The van der Waals surface area contributed by atoms with Crippen molar-refractivity contribution in [2.24, 2.45) is 0 Å². The van der Waals surface area contributed by atoms with Crippen molar-refractivity contribution in [3.8, 4) is 17.2 Å². The molecule has 0 saturated heterocycles. The summed E-state index contributed by atoms with van der Waals surface area (Å²) in [6.07, 6.45) is 1.93. The van der Waals surface area contributed by atoms with E-state index in [-0.39, 0.29) is 40.8 Å². The number of benzene rings is 1. The van der Waals surface area contributed by atoms with Gasteiger partial charge in [-0.05, 0) is 18.1 Å². The van der Waals surface area contributed by atoms with E-state index in [1.807, 2.05) is 13.8 Å². The third kappa shape index (κ3) is 3.36. The highest BCUT2D eigenvalue weighted by molar-refractivity contribution is 6.24. The van der Waals surface area contributed by atoms with Gasteiger partial charge < -0.3 is 20.1 Å². The number of aliphatic hydroxyl groups is 1. The largest absolute Gasteiger partial charge is 0.512 e. The minimum Gasteiger partial charge on any atom is -0.512 e. The topological polar surface area (TPSA) is 87.0 Å². The van der Waals surface area contributed by atoms with Crippen LogP contribution in [0.3, 0.4) is 0 Å². The van der Waals surface area contributed by atoms with Crippen molar-refractivity contribution < 1.29 is 24.9 Å². The summed E-state index contributed by atoms with van der Waals surface area (Å²) in [5, 5.41) is 28.7. The van der Waals surface area contributed by atoms with Crippen molar-refractivity contribution >= 4 is 13.6 Å². The molecular weight excluding hydrogens is 295 g/mol. The molecule has 0 aromatic heterocycles. The van der Waals surface area contributed by atoms with E-state index in [0.29, 0.717) is 18.3 Å². The first kappa shape index (κ1) is 17.0. The van der Waals surface area contributed by atoms with E-state index in [1.54, 1.807) is 0 Å². The molecule has 1 unspecified atom stereocenters. The predicted molar refractivity (Wildman–Crippen MR) is 87.2 cm³/mol. The summed E-state index contributed by atoms with van der Waals surface area (Å²) in [7, 11) is 5.88. The zero-order valence-electron chi connectivity index (χ0n) is 13.2. The summed E-state index contributed by atoms with van der Waals surface area (Å²) >= 11 is 0. The average Bonchev–Trinajstić information content (AvgIpc) is 2.47. The van der Waals surface area contributed by atoms with Crippen LogP contribution in [0.1, 0.15) is 43.5 Å². The SMILES string of the molecule is CC.[B]C1=C(C2CC(=O)c3c(O)cc(O)cc3O2)CCC(O)=C1. The molecule has 6 heteroatoms. The van der Waals surface area contributed by atoms with Gasteiger partial charge in [0.2, 0.25) is 0 Å². The van der Waals surface area contributed by atoms with Crippen LogP contribution in [-0.4, -0.2) is 35.1 Å². The van der Waals surface area contributed by atoms with Crippen molar-refractivity contribution in [3.05, 3.63) is 40.6 Å². The van der Waals surface area contributed by atoms with Gasteiger partial charge in [-0.1, -0.05) is 19.3 Å². The lowest BCUT2D eigenvalue weighted by Crippen LogP contribution is -2.30. The Labute approximate surface area is 136 Å². The van der Waals surface area contributed by atoms with E-state index in [9.17, 15) is 20.1 Å². The molecule has 2 aliphatic rings. The summed E-state index contributed by atoms with van der Waals surface area (Å²) in [6.45, 7) is 4.00. The molecule has 5 nitrogen and oxygen atoms in total. The molecule has 1 aromatic rings. The number of carbonyl (C=O) groups is 1. The minimum absolute atomic E-state index is 0.0654. The summed E-state index contributed by atoms with van der Waals surface area (Å²) < 4.78 is 5.72. The number of phenolic OH excluding ortho intramolecular Hbond substituents is 2. The van der Waals surface area contributed by atoms with Crippen molar-refractivity contribution in [2.45, 2.75) is 39.2 Å². The van der Waals surface area contributed by atoms with E-state index in [0.717, 1.165) is 11.6 Å². The highest BCUT2D eigenvalue weighted by Crippen LogP contribution is 2.40. The number of carbonyl (C=O) groups excluding carboxylic acids is 1. The van der Waals surface area contributed by atoms with Gasteiger partial charge in [0.1, 0.15) is 36.8 Å². The maximum absolute atomic E-state index is 12.2. The molecule has 2 radical (unpaired) electrons. The summed E-state index contributed by atoms with van der Waals surface area (Å²) in [6, 6.07) is 2.40. The number of Topliss-reactive ketones (excluding diaryl/α,β-unsaturated/α-hetero) is 1. The van der Waals surface area contributed by atoms with E-state index < -0.39 is 6.10 Å². The zero-order chi connectivity index (χ0) is 17.1. The summed E-state index contributed by atoms with van der Waals surface area (Å²) in [5.41, 5.74) is 1.22. The quantitative estimate of drug-likeness (QED) is 0.693. The second-order valence-corrected chi connectivity index (χ2v) is 5.19. The van der Waals surface area contributed by atoms with Crippen molar-refractivity contribution in [1.29, 1.82) is 0 Å². The molecule has 0 fully saturated rings. The van der Waals surface area contributed by atoms with Crippen LogP contribution < -0.4 is 4.74 Å². The lowest BCUT2D eigenvalue weighted by Gasteiger charge is -2.30. The van der Waals surface area contributed by atoms with Gasteiger partial charge in [0.15, 0.2) is 5.78 Å². The zero-order valence-corrected chi connectivity index (χ0v) is 13.2. The monoisotopic (exact) mass is 314 g/mol. The van der Waals surface area contributed by atoms with Gasteiger partial charge in [-0.15, -0.1) is 0 Å². The number of ketones is 1. The Bertz CT molecular complexity index is 690. The first-order chi connectivity index (χ1) is 11.0. The van der Waals surface area contributed by atoms with Gasteiger partial charge >= 0.3 is 0 Å². The summed E-state index contributed by atoms with van der Waals surface area (Å²) in [5.74, 6) is -0.390. The lowest BCUT2D eigenvalue weighted by molar-refractivity contribution is 0.0876. The number of hydrogen-bond acceptors (Lipinski definition) is 5. The van der Waals surface area contributed by atoms with Gasteiger partial charge in [0.05, 0.1) is 12.2 Å². The molecule has 3 N–H and O–H groups in total. The number of phenols is 2. The first-order valence-electron chi connectivity index (χ1n) is 7.59. The molecule has 3 rings (SSSR count). The van der Waals surface area contributed by atoms with Crippen molar-refractivity contribution in [1.82, 2.24) is 0 Å². The van der Waals surface area contributed by atoms with Crippen LogP contribution in [0.4, 0.5) is 0 Å². The fourth-order valence-electron chi connectivity index (χ4n) is 2.72. The second-order valence-electron chi connectivity index (χ2n) is 5.19. The Kier molecular flexibility index (Phi) is 5.03. The smallest absolute Gasteiger partial charge is 0.174 e. The van der Waals surface area contributed by atoms with E-state index in [4.69, 9.17) is 12.6 Å². The maximum atomic E-state index is 12.2. The number of aliphatic hydroxyl groups excluding tert-OH is 1. The van der Waals surface area contributed by atoms with Crippen LogP contribution in [0.5, 0.6) is 17.2 Å². The molecule has 0 amide bonds. The Morgan fingerprint density at radius 1 is 1.17 bits per heavy atom. The second kappa shape index (κ2) is 6.81. The Hall–Kier alpha value is -2.37. The fraction of sp³-hybridized carbons (Fsp3) is 0.353. The molecular formula is C17H19BO5. The molecule has 1 aromatic carbocycles. The number of aromatic hydroxyl groups is 2. The number of rotatable bonds is 1. The molecule has 0 spiro atoms. The van der Waals surface area contributed by atoms with Crippen LogP contribution >= 0.6 is 0 Å². The van der Waals surface area contributed by atoms with Crippen LogP contribution in [0.2, 0.25) is 0 Å². The van der Waals surface area contributed by atoms with Crippen LogP contribution in [-0.2, 0) is 0 Å². The van der Waals surface area contributed by atoms with E-state index in [1.165, 1.54) is 12.1 Å². The molecule has 1 aliphatic carbocycles. The van der Waals surface area contributed by atoms with E-state index >= 15 is 0 Å². The maximum Gasteiger partial charge on any atom is 0.174 e. The van der Waals surface area contributed by atoms with Gasteiger partial charge in [-0.2, -0.15) is 0 Å².